The molecule has 0 radical (unpaired) electrons. The molecule has 1 aliphatic heterocycles. The Kier molecular flexibility index (Phi) is 5.82. The second-order valence-corrected chi connectivity index (χ2v) is 5.77. The van der Waals surface area contributed by atoms with Gasteiger partial charge in [0, 0.05) is 6.04 Å². The Balaban J connectivity index is 2.68. The van der Waals surface area contributed by atoms with Gasteiger partial charge in [-0.3, -0.25) is 0 Å². The predicted molar refractivity (Wildman–Crippen MR) is 72.7 cm³/mol. The molecule has 1 saturated heterocycles. The second-order valence-electron chi connectivity index (χ2n) is 5.77. The van der Waals surface area contributed by atoms with Gasteiger partial charge in [0.2, 0.25) is 0 Å². The first-order valence-electron chi connectivity index (χ1n) is 7.35. The monoisotopic (exact) mass is 225 g/mol. The van der Waals surface area contributed by atoms with Crippen LogP contribution in [-0.4, -0.2) is 24.5 Å². The highest BCUT2D eigenvalue weighted by atomic mass is 15.2. The van der Waals surface area contributed by atoms with Gasteiger partial charge in [-0.2, -0.15) is 0 Å². The van der Waals surface area contributed by atoms with E-state index in [1.807, 2.05) is 0 Å². The van der Waals surface area contributed by atoms with E-state index in [0.717, 1.165) is 23.8 Å². The molecule has 0 aromatic rings. The zero-order chi connectivity index (χ0) is 12.1. The van der Waals surface area contributed by atoms with Crippen molar-refractivity contribution in [2.24, 2.45) is 17.8 Å². The lowest BCUT2D eigenvalue weighted by molar-refractivity contribution is 0.151. The number of nitrogens with zero attached hydrogens (tertiary/aromatic N) is 1. The van der Waals surface area contributed by atoms with Gasteiger partial charge in [-0.25, -0.2) is 0 Å². The Hall–Kier alpha value is -0.0400. The molecular formula is C15H31N. The Morgan fingerprint density at radius 3 is 2.31 bits per heavy atom. The molecule has 1 aliphatic rings. The van der Waals surface area contributed by atoms with Crippen molar-refractivity contribution >= 4 is 0 Å². The summed E-state index contributed by atoms with van der Waals surface area (Å²) in [4.78, 5) is 2.63. The molecule has 16 heavy (non-hydrogen) atoms. The summed E-state index contributed by atoms with van der Waals surface area (Å²) < 4.78 is 0. The van der Waals surface area contributed by atoms with Crippen LogP contribution in [0.15, 0.2) is 0 Å². The molecule has 0 N–H and O–H groups in total. The molecule has 0 saturated carbocycles. The Morgan fingerprint density at radius 1 is 1.19 bits per heavy atom. The van der Waals surface area contributed by atoms with Crippen LogP contribution in [0.1, 0.15) is 59.8 Å². The largest absolute Gasteiger partial charge is 0.303 e. The van der Waals surface area contributed by atoms with Gasteiger partial charge in [0.05, 0.1) is 0 Å². The van der Waals surface area contributed by atoms with Crippen LogP contribution in [-0.2, 0) is 0 Å². The zero-order valence-corrected chi connectivity index (χ0v) is 12.0. The van der Waals surface area contributed by atoms with Crippen molar-refractivity contribution in [3.05, 3.63) is 0 Å². The lowest BCUT2D eigenvalue weighted by Gasteiger charge is -2.34. The highest BCUT2D eigenvalue weighted by Gasteiger charge is 2.38. The third-order valence-electron chi connectivity index (χ3n) is 4.74. The standard InChI is InChI=1S/C15H31N/c1-6-9-12(4)15-14(10-11-16(15)5)13(7-2)8-3/h12-15H,6-11H2,1-5H3. The highest BCUT2D eigenvalue weighted by Crippen LogP contribution is 2.38. The van der Waals surface area contributed by atoms with E-state index in [9.17, 15) is 0 Å². The summed E-state index contributed by atoms with van der Waals surface area (Å²) in [5.74, 6) is 2.79. The summed E-state index contributed by atoms with van der Waals surface area (Å²) in [6.07, 6.45) is 6.89. The third-order valence-corrected chi connectivity index (χ3v) is 4.74. The molecule has 96 valence electrons. The summed E-state index contributed by atoms with van der Waals surface area (Å²) in [7, 11) is 2.33. The van der Waals surface area contributed by atoms with E-state index < -0.39 is 0 Å². The normalized spacial score (nSPS) is 28.9. The highest BCUT2D eigenvalue weighted by molar-refractivity contribution is 4.91. The van der Waals surface area contributed by atoms with E-state index >= 15 is 0 Å². The van der Waals surface area contributed by atoms with Gasteiger partial charge >= 0.3 is 0 Å². The predicted octanol–water partition coefficient (Wildman–Crippen LogP) is 4.18. The average Bonchev–Trinajstić information content (AvgIpc) is 2.63. The van der Waals surface area contributed by atoms with Crippen LogP contribution in [0.25, 0.3) is 0 Å². The SMILES string of the molecule is CCCC(C)C1C(C(CC)CC)CCN1C. The van der Waals surface area contributed by atoms with Crippen LogP contribution in [0.5, 0.6) is 0 Å². The number of likely N-dealkylation sites (tertiary alicyclic amines) is 1. The molecule has 3 atom stereocenters. The van der Waals surface area contributed by atoms with Gasteiger partial charge in [0.25, 0.3) is 0 Å². The average molecular weight is 225 g/mol. The van der Waals surface area contributed by atoms with Crippen molar-refractivity contribution in [3.63, 3.8) is 0 Å². The molecule has 1 heteroatoms. The molecule has 1 heterocycles. The second kappa shape index (κ2) is 6.64. The Bertz CT molecular complexity index is 186. The fraction of sp³-hybridized carbons (Fsp3) is 1.00. The van der Waals surface area contributed by atoms with Crippen molar-refractivity contribution in [2.45, 2.75) is 65.8 Å². The minimum Gasteiger partial charge on any atom is -0.303 e. The van der Waals surface area contributed by atoms with Crippen LogP contribution < -0.4 is 0 Å². The van der Waals surface area contributed by atoms with Crippen molar-refractivity contribution in [3.8, 4) is 0 Å². The summed E-state index contributed by atoms with van der Waals surface area (Å²) in [6.45, 7) is 10.8. The minimum absolute atomic E-state index is 0.852. The van der Waals surface area contributed by atoms with Gasteiger partial charge in [0.15, 0.2) is 0 Å². The van der Waals surface area contributed by atoms with Crippen LogP contribution >= 0.6 is 0 Å². The van der Waals surface area contributed by atoms with Crippen LogP contribution in [0.3, 0.4) is 0 Å². The minimum atomic E-state index is 0.852. The molecule has 0 aliphatic carbocycles. The number of rotatable bonds is 6. The van der Waals surface area contributed by atoms with Crippen LogP contribution in [0, 0.1) is 17.8 Å². The topological polar surface area (TPSA) is 3.24 Å². The molecular weight excluding hydrogens is 194 g/mol. The van der Waals surface area contributed by atoms with Gasteiger partial charge in [-0.05, 0) is 44.2 Å². The van der Waals surface area contributed by atoms with E-state index in [-0.39, 0.29) is 0 Å². The molecule has 0 bridgehead atoms. The third kappa shape index (κ3) is 3.00. The van der Waals surface area contributed by atoms with Crippen molar-refractivity contribution in [1.82, 2.24) is 4.90 Å². The summed E-state index contributed by atoms with van der Waals surface area (Å²) in [6, 6.07) is 0.852. The van der Waals surface area contributed by atoms with E-state index in [4.69, 9.17) is 0 Å². The smallest absolute Gasteiger partial charge is 0.0149 e. The fourth-order valence-electron chi connectivity index (χ4n) is 3.89. The molecule has 1 rings (SSSR count). The maximum atomic E-state index is 2.63. The first kappa shape index (κ1) is 14.0. The number of hydrogen-bond donors (Lipinski definition) is 0. The summed E-state index contributed by atoms with van der Waals surface area (Å²) >= 11 is 0. The lowest BCUT2D eigenvalue weighted by atomic mass is 9.77. The van der Waals surface area contributed by atoms with Gasteiger partial charge in [0.1, 0.15) is 0 Å². The van der Waals surface area contributed by atoms with Crippen LogP contribution in [0.2, 0.25) is 0 Å². The number of hydrogen-bond acceptors (Lipinski definition) is 1. The molecule has 0 amide bonds. The molecule has 3 unspecified atom stereocenters. The Morgan fingerprint density at radius 2 is 1.81 bits per heavy atom. The summed E-state index contributed by atoms with van der Waals surface area (Å²) in [5.41, 5.74) is 0. The van der Waals surface area contributed by atoms with Crippen molar-refractivity contribution in [2.75, 3.05) is 13.6 Å². The van der Waals surface area contributed by atoms with E-state index in [1.54, 1.807) is 0 Å². The molecule has 1 nitrogen and oxygen atoms in total. The first-order chi connectivity index (χ1) is 7.65. The van der Waals surface area contributed by atoms with E-state index in [2.05, 4.69) is 39.6 Å². The van der Waals surface area contributed by atoms with Gasteiger partial charge < -0.3 is 4.90 Å². The van der Waals surface area contributed by atoms with Gasteiger partial charge in [-0.1, -0.05) is 47.0 Å². The Labute approximate surface area is 103 Å². The van der Waals surface area contributed by atoms with E-state index in [0.29, 0.717) is 0 Å². The molecule has 0 spiro atoms. The summed E-state index contributed by atoms with van der Waals surface area (Å²) in [5, 5.41) is 0. The van der Waals surface area contributed by atoms with E-state index in [1.165, 1.54) is 38.6 Å². The first-order valence-corrected chi connectivity index (χ1v) is 7.35. The van der Waals surface area contributed by atoms with Gasteiger partial charge in [-0.15, -0.1) is 0 Å². The van der Waals surface area contributed by atoms with Crippen LogP contribution in [0.4, 0.5) is 0 Å². The lowest BCUT2D eigenvalue weighted by Crippen LogP contribution is -2.38. The fourth-order valence-corrected chi connectivity index (χ4v) is 3.89. The molecule has 0 aromatic carbocycles. The quantitative estimate of drug-likeness (QED) is 0.655. The maximum Gasteiger partial charge on any atom is 0.0149 e. The van der Waals surface area contributed by atoms with Crippen molar-refractivity contribution < 1.29 is 0 Å². The van der Waals surface area contributed by atoms with Crippen molar-refractivity contribution in [1.29, 1.82) is 0 Å². The molecule has 0 aromatic heterocycles. The maximum absolute atomic E-state index is 2.63. The zero-order valence-electron chi connectivity index (χ0n) is 12.0. The molecule has 1 fully saturated rings.